The predicted molar refractivity (Wildman–Crippen MR) is 72.9 cm³/mol. The maximum Gasteiger partial charge on any atom is 0.347 e. The summed E-state index contributed by atoms with van der Waals surface area (Å²) < 4.78 is 9.77. The van der Waals surface area contributed by atoms with E-state index < -0.39 is 18.0 Å². The van der Waals surface area contributed by atoms with Crippen LogP contribution in [0.15, 0.2) is 24.3 Å². The van der Waals surface area contributed by atoms with Gasteiger partial charge in [-0.15, -0.1) is 0 Å². The van der Waals surface area contributed by atoms with Gasteiger partial charge in [0.25, 0.3) is 0 Å². The summed E-state index contributed by atoms with van der Waals surface area (Å²) >= 11 is 0. The molecule has 114 valence electrons. The third-order valence-electron chi connectivity index (χ3n) is 3.55. The SMILES string of the molecule is O=C(O[C@@H]1CCOC1=O)c1ccc(N2C(=O)CCC2=O)cc1. The Balaban J connectivity index is 1.71. The van der Waals surface area contributed by atoms with E-state index in [0.29, 0.717) is 12.1 Å². The fourth-order valence-corrected chi connectivity index (χ4v) is 2.39. The summed E-state index contributed by atoms with van der Waals surface area (Å²) in [7, 11) is 0. The Morgan fingerprint density at radius 2 is 1.73 bits per heavy atom. The molecule has 0 spiro atoms. The highest BCUT2D eigenvalue weighted by molar-refractivity contribution is 6.19. The maximum atomic E-state index is 11.9. The molecule has 3 rings (SSSR count). The molecule has 0 bridgehead atoms. The van der Waals surface area contributed by atoms with Gasteiger partial charge in [0, 0.05) is 19.3 Å². The molecule has 0 radical (unpaired) electrons. The molecule has 0 saturated carbocycles. The number of imide groups is 1. The summed E-state index contributed by atoms with van der Waals surface area (Å²) in [5.41, 5.74) is 0.659. The smallest absolute Gasteiger partial charge is 0.347 e. The number of cyclic esters (lactones) is 1. The Bertz CT molecular complexity index is 635. The Hall–Kier alpha value is -2.70. The van der Waals surface area contributed by atoms with Crippen LogP contribution in [0.2, 0.25) is 0 Å². The Kier molecular flexibility index (Phi) is 3.62. The van der Waals surface area contributed by atoms with Crippen molar-refractivity contribution in [3.8, 4) is 0 Å². The van der Waals surface area contributed by atoms with Crippen molar-refractivity contribution in [2.24, 2.45) is 0 Å². The lowest BCUT2D eigenvalue weighted by Gasteiger charge is -2.14. The van der Waals surface area contributed by atoms with Crippen molar-refractivity contribution >= 4 is 29.4 Å². The van der Waals surface area contributed by atoms with E-state index in [9.17, 15) is 19.2 Å². The number of rotatable bonds is 3. The zero-order valence-corrected chi connectivity index (χ0v) is 11.6. The van der Waals surface area contributed by atoms with Gasteiger partial charge in [-0.25, -0.2) is 9.59 Å². The van der Waals surface area contributed by atoms with Crippen LogP contribution in [0, 0.1) is 0 Å². The van der Waals surface area contributed by atoms with E-state index in [1.807, 2.05) is 0 Å². The maximum absolute atomic E-state index is 11.9. The van der Waals surface area contributed by atoms with E-state index in [1.54, 1.807) is 0 Å². The molecule has 2 heterocycles. The first-order chi connectivity index (χ1) is 10.6. The molecule has 2 saturated heterocycles. The van der Waals surface area contributed by atoms with Gasteiger partial charge in [0.1, 0.15) is 0 Å². The first kappa shape index (κ1) is 14.2. The number of esters is 2. The minimum absolute atomic E-state index is 0.201. The van der Waals surface area contributed by atoms with Crippen molar-refractivity contribution in [1.29, 1.82) is 0 Å². The zero-order chi connectivity index (χ0) is 15.7. The molecule has 7 nitrogen and oxygen atoms in total. The van der Waals surface area contributed by atoms with Crippen LogP contribution in [0.5, 0.6) is 0 Å². The van der Waals surface area contributed by atoms with Gasteiger partial charge in [0.2, 0.25) is 17.9 Å². The molecular weight excluding hydrogens is 290 g/mol. The highest BCUT2D eigenvalue weighted by Gasteiger charge is 2.32. The van der Waals surface area contributed by atoms with E-state index in [1.165, 1.54) is 24.3 Å². The number of benzene rings is 1. The molecule has 2 aliphatic heterocycles. The lowest BCUT2D eigenvalue weighted by molar-refractivity contribution is -0.145. The number of carbonyl (C=O) groups is 4. The lowest BCUT2D eigenvalue weighted by atomic mass is 10.2. The van der Waals surface area contributed by atoms with E-state index >= 15 is 0 Å². The summed E-state index contributed by atoms with van der Waals surface area (Å²) in [4.78, 5) is 47.6. The summed E-state index contributed by atoms with van der Waals surface area (Å²) in [6.07, 6.45) is -0.118. The van der Waals surface area contributed by atoms with Crippen LogP contribution in [-0.4, -0.2) is 36.5 Å². The molecule has 0 aromatic heterocycles. The third-order valence-corrected chi connectivity index (χ3v) is 3.55. The van der Waals surface area contributed by atoms with Crippen LogP contribution in [-0.2, 0) is 23.9 Å². The third kappa shape index (κ3) is 2.57. The van der Waals surface area contributed by atoms with Gasteiger partial charge in [-0.3, -0.25) is 14.5 Å². The monoisotopic (exact) mass is 303 g/mol. The normalized spacial score (nSPS) is 21.2. The van der Waals surface area contributed by atoms with Gasteiger partial charge in [0.15, 0.2) is 0 Å². The number of hydrogen-bond acceptors (Lipinski definition) is 6. The highest BCUT2D eigenvalue weighted by Crippen LogP contribution is 2.23. The standard InChI is InChI=1S/C15H13NO6/c17-12-5-6-13(18)16(12)10-3-1-9(2-4-10)14(19)22-11-7-8-21-15(11)20/h1-4,11H,5-8H2/t11-/m1/s1. The molecule has 2 amide bonds. The van der Waals surface area contributed by atoms with Gasteiger partial charge in [-0.2, -0.15) is 0 Å². The highest BCUT2D eigenvalue weighted by atomic mass is 16.6. The number of amides is 2. The van der Waals surface area contributed by atoms with Gasteiger partial charge >= 0.3 is 11.9 Å². The molecular formula is C15H13NO6. The molecule has 7 heteroatoms. The molecule has 22 heavy (non-hydrogen) atoms. The Labute approximate surface area is 125 Å². The van der Waals surface area contributed by atoms with E-state index in [4.69, 9.17) is 9.47 Å². The second-order valence-corrected chi connectivity index (χ2v) is 5.02. The molecule has 0 unspecified atom stereocenters. The Morgan fingerprint density at radius 3 is 2.27 bits per heavy atom. The summed E-state index contributed by atoms with van der Waals surface area (Å²) in [6, 6.07) is 5.92. The number of carbonyl (C=O) groups excluding carboxylic acids is 4. The molecule has 1 aromatic rings. The van der Waals surface area contributed by atoms with E-state index in [2.05, 4.69) is 0 Å². The summed E-state index contributed by atoms with van der Waals surface area (Å²) in [5.74, 6) is -1.70. The quantitative estimate of drug-likeness (QED) is 0.606. The van der Waals surface area contributed by atoms with Crippen molar-refractivity contribution in [3.05, 3.63) is 29.8 Å². The van der Waals surface area contributed by atoms with Crippen molar-refractivity contribution in [3.63, 3.8) is 0 Å². The van der Waals surface area contributed by atoms with Gasteiger partial charge in [-0.05, 0) is 24.3 Å². The number of anilines is 1. The van der Waals surface area contributed by atoms with Crippen molar-refractivity contribution < 1.29 is 28.7 Å². The number of nitrogens with zero attached hydrogens (tertiary/aromatic N) is 1. The first-order valence-corrected chi connectivity index (χ1v) is 6.90. The van der Waals surface area contributed by atoms with Crippen LogP contribution < -0.4 is 4.90 Å². The molecule has 0 N–H and O–H groups in total. The van der Waals surface area contributed by atoms with Crippen LogP contribution >= 0.6 is 0 Å². The minimum Gasteiger partial charge on any atom is -0.463 e. The number of ether oxygens (including phenoxy) is 2. The topological polar surface area (TPSA) is 90.0 Å². The van der Waals surface area contributed by atoms with E-state index in [-0.39, 0.29) is 36.8 Å². The largest absolute Gasteiger partial charge is 0.463 e. The predicted octanol–water partition coefficient (Wildman–Crippen LogP) is 0.812. The van der Waals surface area contributed by atoms with Crippen molar-refractivity contribution in [2.75, 3.05) is 11.5 Å². The zero-order valence-electron chi connectivity index (χ0n) is 11.6. The molecule has 1 atom stereocenters. The first-order valence-electron chi connectivity index (χ1n) is 6.90. The molecule has 2 fully saturated rings. The fourth-order valence-electron chi connectivity index (χ4n) is 2.39. The van der Waals surface area contributed by atoms with Crippen LogP contribution in [0.3, 0.4) is 0 Å². The average Bonchev–Trinajstić information content (AvgIpc) is 3.05. The second kappa shape index (κ2) is 5.59. The molecule has 2 aliphatic rings. The Morgan fingerprint density at radius 1 is 1.09 bits per heavy atom. The fraction of sp³-hybridized carbons (Fsp3) is 0.333. The lowest BCUT2D eigenvalue weighted by Crippen LogP contribution is -2.28. The summed E-state index contributed by atoms with van der Waals surface area (Å²) in [6.45, 7) is 0.245. The second-order valence-electron chi connectivity index (χ2n) is 5.02. The van der Waals surface area contributed by atoms with Crippen LogP contribution in [0.4, 0.5) is 5.69 Å². The van der Waals surface area contributed by atoms with Gasteiger partial charge in [-0.1, -0.05) is 0 Å². The molecule has 0 aliphatic carbocycles. The number of hydrogen-bond donors (Lipinski definition) is 0. The van der Waals surface area contributed by atoms with E-state index in [0.717, 1.165) is 4.90 Å². The van der Waals surface area contributed by atoms with Crippen molar-refractivity contribution in [1.82, 2.24) is 0 Å². The van der Waals surface area contributed by atoms with Gasteiger partial charge < -0.3 is 9.47 Å². The van der Waals surface area contributed by atoms with Crippen LogP contribution in [0.1, 0.15) is 29.6 Å². The average molecular weight is 303 g/mol. The van der Waals surface area contributed by atoms with Crippen LogP contribution in [0.25, 0.3) is 0 Å². The summed E-state index contributed by atoms with van der Waals surface area (Å²) in [5, 5.41) is 0. The minimum atomic E-state index is -0.867. The van der Waals surface area contributed by atoms with Crippen molar-refractivity contribution in [2.45, 2.75) is 25.4 Å². The van der Waals surface area contributed by atoms with Gasteiger partial charge in [0.05, 0.1) is 17.9 Å². The molecule has 1 aromatic carbocycles.